The largest absolute Gasteiger partial charge is 0.496 e. The van der Waals surface area contributed by atoms with Crippen LogP contribution in [0.3, 0.4) is 0 Å². The Labute approximate surface area is 176 Å². The summed E-state index contributed by atoms with van der Waals surface area (Å²) in [6, 6.07) is 12.6. The van der Waals surface area contributed by atoms with E-state index in [2.05, 4.69) is 17.1 Å². The molecule has 1 saturated heterocycles. The molecule has 0 bridgehead atoms. The van der Waals surface area contributed by atoms with E-state index in [9.17, 15) is 8.42 Å². The molecule has 0 saturated carbocycles. The van der Waals surface area contributed by atoms with E-state index in [0.717, 1.165) is 12.8 Å². The highest BCUT2D eigenvalue weighted by Crippen LogP contribution is 2.32. The van der Waals surface area contributed by atoms with Gasteiger partial charge in [-0.15, -0.1) is 10.2 Å². The third-order valence-corrected chi connectivity index (χ3v) is 7.60. The predicted octanol–water partition coefficient (Wildman–Crippen LogP) is 4.14. The van der Waals surface area contributed by atoms with Crippen molar-refractivity contribution in [1.29, 1.82) is 0 Å². The molecule has 158 valence electrons. The highest BCUT2D eigenvalue weighted by molar-refractivity contribution is 7.89. The van der Waals surface area contributed by atoms with Crippen molar-refractivity contribution in [2.24, 2.45) is 5.92 Å². The van der Waals surface area contributed by atoms with Gasteiger partial charge in [-0.05, 0) is 55.5 Å². The average Bonchev–Trinajstić information content (AvgIpc) is 3.24. The Hall–Kier alpha value is -2.71. The van der Waals surface area contributed by atoms with E-state index in [1.54, 1.807) is 36.5 Å². The van der Waals surface area contributed by atoms with Gasteiger partial charge >= 0.3 is 0 Å². The van der Waals surface area contributed by atoms with Crippen molar-refractivity contribution in [3.8, 4) is 28.7 Å². The lowest BCUT2D eigenvalue weighted by molar-refractivity contribution is 0.288. The molecule has 0 aliphatic carbocycles. The lowest BCUT2D eigenvalue weighted by atomic mass is 10.0. The molecule has 0 unspecified atom stereocenters. The highest BCUT2D eigenvalue weighted by Gasteiger charge is 2.30. The third kappa shape index (κ3) is 3.85. The topological polar surface area (TPSA) is 85.5 Å². The summed E-state index contributed by atoms with van der Waals surface area (Å²) in [6.45, 7) is 5.05. The zero-order valence-corrected chi connectivity index (χ0v) is 18.1. The summed E-state index contributed by atoms with van der Waals surface area (Å²) in [6.07, 6.45) is 1.76. The maximum Gasteiger partial charge on any atom is 0.251 e. The molecular formula is C22H25N3O4S. The van der Waals surface area contributed by atoms with Gasteiger partial charge in [-0.1, -0.05) is 25.1 Å². The van der Waals surface area contributed by atoms with E-state index in [1.165, 1.54) is 0 Å². The Morgan fingerprint density at radius 2 is 1.77 bits per heavy atom. The maximum absolute atomic E-state index is 13.3. The molecule has 2 aromatic carbocycles. The smallest absolute Gasteiger partial charge is 0.251 e. The first-order valence-electron chi connectivity index (χ1n) is 9.98. The standard InChI is InChI=1S/C22H25N3O4S/c1-15-10-12-25(13-11-15)30(26,27)20-14-17(9-8-16(20)2)21-23-24-22(29-21)18-6-4-5-7-19(18)28-3/h4-9,14-15H,10-13H2,1-3H3. The van der Waals surface area contributed by atoms with Crippen LogP contribution in [0.5, 0.6) is 5.75 Å². The minimum Gasteiger partial charge on any atom is -0.496 e. The normalized spacial score (nSPS) is 16.0. The van der Waals surface area contributed by atoms with Gasteiger partial charge in [-0.3, -0.25) is 0 Å². The molecule has 30 heavy (non-hydrogen) atoms. The number of para-hydroxylation sites is 1. The van der Waals surface area contributed by atoms with Crippen molar-refractivity contribution in [2.75, 3.05) is 20.2 Å². The fourth-order valence-electron chi connectivity index (χ4n) is 3.65. The van der Waals surface area contributed by atoms with Crippen LogP contribution in [0.15, 0.2) is 51.8 Å². The Kier molecular flexibility index (Phi) is 5.62. The molecule has 0 spiro atoms. The maximum atomic E-state index is 13.3. The van der Waals surface area contributed by atoms with Gasteiger partial charge in [0.15, 0.2) is 0 Å². The highest BCUT2D eigenvalue weighted by atomic mass is 32.2. The Morgan fingerprint density at radius 3 is 2.50 bits per heavy atom. The molecule has 0 radical (unpaired) electrons. The molecule has 0 atom stereocenters. The van der Waals surface area contributed by atoms with E-state index < -0.39 is 10.0 Å². The van der Waals surface area contributed by atoms with Gasteiger partial charge in [0.2, 0.25) is 15.9 Å². The van der Waals surface area contributed by atoms with Gasteiger partial charge in [-0.2, -0.15) is 4.31 Å². The van der Waals surface area contributed by atoms with Gasteiger partial charge in [0.05, 0.1) is 17.6 Å². The zero-order chi connectivity index (χ0) is 21.3. The number of sulfonamides is 1. The molecule has 8 heteroatoms. The van der Waals surface area contributed by atoms with Crippen LogP contribution < -0.4 is 4.74 Å². The molecule has 4 rings (SSSR count). The fourth-order valence-corrected chi connectivity index (χ4v) is 5.37. The molecule has 7 nitrogen and oxygen atoms in total. The molecular weight excluding hydrogens is 402 g/mol. The second kappa shape index (κ2) is 8.20. The lowest BCUT2D eigenvalue weighted by Gasteiger charge is -2.29. The van der Waals surface area contributed by atoms with E-state index in [4.69, 9.17) is 9.15 Å². The van der Waals surface area contributed by atoms with Crippen LogP contribution in [0.4, 0.5) is 0 Å². The number of hydrogen-bond donors (Lipinski definition) is 0. The van der Waals surface area contributed by atoms with Gasteiger partial charge in [-0.25, -0.2) is 8.42 Å². The first-order chi connectivity index (χ1) is 14.4. The Morgan fingerprint density at radius 1 is 1.07 bits per heavy atom. The Balaban J connectivity index is 1.68. The van der Waals surface area contributed by atoms with Crippen molar-refractivity contribution in [1.82, 2.24) is 14.5 Å². The summed E-state index contributed by atoms with van der Waals surface area (Å²) in [7, 11) is -2.00. The zero-order valence-electron chi connectivity index (χ0n) is 17.3. The minimum absolute atomic E-state index is 0.264. The number of hydrogen-bond acceptors (Lipinski definition) is 6. The second-order valence-corrected chi connectivity index (χ2v) is 9.59. The second-order valence-electron chi connectivity index (χ2n) is 7.68. The van der Waals surface area contributed by atoms with Gasteiger partial charge in [0, 0.05) is 18.7 Å². The van der Waals surface area contributed by atoms with Crippen LogP contribution in [0.1, 0.15) is 25.3 Å². The summed E-state index contributed by atoms with van der Waals surface area (Å²) in [4.78, 5) is 0.284. The summed E-state index contributed by atoms with van der Waals surface area (Å²) >= 11 is 0. The van der Waals surface area contributed by atoms with E-state index in [-0.39, 0.29) is 10.8 Å². The minimum atomic E-state index is -3.58. The number of ether oxygens (including phenoxy) is 1. The van der Waals surface area contributed by atoms with Crippen LogP contribution in [0.25, 0.3) is 22.9 Å². The van der Waals surface area contributed by atoms with Crippen molar-refractivity contribution < 1.29 is 17.6 Å². The SMILES string of the molecule is COc1ccccc1-c1nnc(-c2ccc(C)c(S(=O)(=O)N3CCC(C)CC3)c2)o1. The van der Waals surface area contributed by atoms with Gasteiger partial charge < -0.3 is 9.15 Å². The van der Waals surface area contributed by atoms with E-state index in [1.807, 2.05) is 24.3 Å². The lowest BCUT2D eigenvalue weighted by Crippen LogP contribution is -2.38. The summed E-state index contributed by atoms with van der Waals surface area (Å²) in [5.74, 6) is 1.76. The monoisotopic (exact) mass is 427 g/mol. The molecule has 1 fully saturated rings. The van der Waals surface area contributed by atoms with Crippen molar-refractivity contribution in [3.63, 3.8) is 0 Å². The first-order valence-corrected chi connectivity index (χ1v) is 11.4. The fraction of sp³-hybridized carbons (Fsp3) is 0.364. The van der Waals surface area contributed by atoms with Crippen molar-refractivity contribution in [2.45, 2.75) is 31.6 Å². The van der Waals surface area contributed by atoms with Crippen LogP contribution in [-0.2, 0) is 10.0 Å². The number of aromatic nitrogens is 2. The number of aryl methyl sites for hydroxylation is 1. The van der Waals surface area contributed by atoms with Crippen molar-refractivity contribution >= 4 is 10.0 Å². The molecule has 1 aromatic heterocycles. The number of piperidine rings is 1. The molecule has 0 amide bonds. The Bertz CT molecular complexity index is 1150. The average molecular weight is 428 g/mol. The van der Waals surface area contributed by atoms with Crippen LogP contribution in [0.2, 0.25) is 0 Å². The number of rotatable bonds is 5. The van der Waals surface area contributed by atoms with Gasteiger partial charge in [0.25, 0.3) is 5.89 Å². The van der Waals surface area contributed by atoms with Gasteiger partial charge in [0.1, 0.15) is 5.75 Å². The summed E-state index contributed by atoms with van der Waals surface area (Å²) in [5, 5.41) is 8.26. The van der Waals surface area contributed by atoms with E-state index >= 15 is 0 Å². The molecule has 2 heterocycles. The number of nitrogens with zero attached hydrogens (tertiary/aromatic N) is 3. The third-order valence-electron chi connectivity index (χ3n) is 5.56. The first kappa shape index (κ1) is 20.6. The van der Waals surface area contributed by atoms with E-state index in [0.29, 0.717) is 47.3 Å². The summed E-state index contributed by atoms with van der Waals surface area (Å²) in [5.41, 5.74) is 1.95. The molecule has 0 N–H and O–H groups in total. The number of benzene rings is 2. The predicted molar refractivity (Wildman–Crippen MR) is 114 cm³/mol. The van der Waals surface area contributed by atoms with Crippen molar-refractivity contribution in [3.05, 3.63) is 48.0 Å². The molecule has 1 aliphatic rings. The number of methoxy groups -OCH3 is 1. The van der Waals surface area contributed by atoms with Crippen LogP contribution >= 0.6 is 0 Å². The molecule has 1 aliphatic heterocycles. The quantitative estimate of drug-likeness (QED) is 0.608. The van der Waals surface area contributed by atoms with Crippen LogP contribution in [-0.4, -0.2) is 43.1 Å². The summed E-state index contributed by atoms with van der Waals surface area (Å²) < 4.78 is 39.3. The van der Waals surface area contributed by atoms with Crippen LogP contribution in [0, 0.1) is 12.8 Å². The molecule has 3 aromatic rings.